The minimum atomic E-state index is -0.0776. The first kappa shape index (κ1) is 20.5. The van der Waals surface area contributed by atoms with Gasteiger partial charge in [0.1, 0.15) is 0 Å². The second kappa shape index (κ2) is 6.62. The van der Waals surface area contributed by atoms with Gasteiger partial charge in [-0.1, -0.05) is 41.5 Å². The number of rotatable bonds is 2. The Labute approximate surface area is 178 Å². The van der Waals surface area contributed by atoms with E-state index in [9.17, 15) is 0 Å². The van der Waals surface area contributed by atoms with Crippen LogP contribution in [-0.4, -0.2) is 29.2 Å². The van der Waals surface area contributed by atoms with E-state index in [2.05, 4.69) is 66.6 Å². The van der Waals surface area contributed by atoms with Crippen LogP contribution in [0.2, 0.25) is 0 Å². The Morgan fingerprint density at radius 2 is 1.43 bits per heavy atom. The number of hydrogen-bond donors (Lipinski definition) is 0. The first-order valence-corrected chi connectivity index (χ1v) is 10.6. The fourth-order valence-corrected chi connectivity index (χ4v) is 4.41. The molecule has 6 heteroatoms. The second-order valence-electron chi connectivity index (χ2n) is 10.5. The molecule has 6 nitrogen and oxygen atoms in total. The minimum absolute atomic E-state index is 0.0189. The molecule has 4 aromatic rings. The third kappa shape index (κ3) is 3.28. The van der Waals surface area contributed by atoms with E-state index in [1.165, 1.54) is 0 Å². The van der Waals surface area contributed by atoms with Gasteiger partial charge >= 0.3 is 0 Å². The third-order valence-corrected chi connectivity index (χ3v) is 5.64. The van der Waals surface area contributed by atoms with Gasteiger partial charge in [0.15, 0.2) is 11.3 Å². The summed E-state index contributed by atoms with van der Waals surface area (Å²) in [4.78, 5) is 9.83. The van der Waals surface area contributed by atoms with Crippen LogP contribution in [0.4, 0.5) is 0 Å². The largest absolute Gasteiger partial charge is 0.232 e. The first-order valence-electron chi connectivity index (χ1n) is 10.6. The smallest absolute Gasteiger partial charge is 0.157 e. The van der Waals surface area contributed by atoms with E-state index < -0.39 is 0 Å². The monoisotopic (exact) mass is 404 g/mol. The lowest BCUT2D eigenvalue weighted by Crippen LogP contribution is -2.19. The maximum atomic E-state index is 4.96. The number of fused-ring (bicyclic) bond motifs is 2. The van der Waals surface area contributed by atoms with E-state index in [0.29, 0.717) is 6.42 Å². The molecular formula is C24H32N6. The molecule has 0 aliphatic carbocycles. The van der Waals surface area contributed by atoms with Crippen molar-refractivity contribution in [3.8, 4) is 0 Å². The molecule has 4 heterocycles. The molecule has 30 heavy (non-hydrogen) atoms. The van der Waals surface area contributed by atoms with Crippen molar-refractivity contribution in [3.05, 3.63) is 57.9 Å². The lowest BCUT2D eigenvalue weighted by atomic mass is 9.89. The Kier molecular flexibility index (Phi) is 4.53. The lowest BCUT2D eigenvalue weighted by molar-refractivity contribution is 0.542. The predicted molar refractivity (Wildman–Crippen MR) is 120 cm³/mol. The highest BCUT2D eigenvalue weighted by Gasteiger charge is 2.27. The molecule has 0 aliphatic heterocycles. The Hall–Kier alpha value is -2.76. The topological polar surface area (TPSA) is 60.4 Å². The molecule has 0 aromatic carbocycles. The van der Waals surface area contributed by atoms with E-state index in [1.54, 1.807) is 0 Å². The van der Waals surface area contributed by atoms with Crippen molar-refractivity contribution in [3.63, 3.8) is 0 Å². The number of aryl methyl sites for hydroxylation is 3. The molecule has 0 fully saturated rings. The van der Waals surface area contributed by atoms with Crippen LogP contribution in [0.15, 0.2) is 18.5 Å². The summed E-state index contributed by atoms with van der Waals surface area (Å²) < 4.78 is 3.99. The van der Waals surface area contributed by atoms with Gasteiger partial charge in [-0.15, -0.1) is 0 Å². The third-order valence-electron chi connectivity index (χ3n) is 5.64. The van der Waals surface area contributed by atoms with Gasteiger partial charge in [0.2, 0.25) is 0 Å². The van der Waals surface area contributed by atoms with Gasteiger partial charge in [0.25, 0.3) is 0 Å². The van der Waals surface area contributed by atoms with Crippen molar-refractivity contribution in [2.75, 3.05) is 0 Å². The van der Waals surface area contributed by atoms with Crippen LogP contribution in [-0.2, 0) is 17.3 Å². The standard InChI is InChI=1S/C24H32N6/c1-14-10-19-28-18(21(24(7,8)9)29(19)25-12-14)11-17-13-26-30-20(23(4,5)6)16(3)27-22(30)15(17)2/h10,12-13H,11H2,1-9H3. The highest BCUT2D eigenvalue weighted by atomic mass is 15.3. The molecule has 0 aliphatic rings. The minimum Gasteiger partial charge on any atom is -0.232 e. The van der Waals surface area contributed by atoms with E-state index in [4.69, 9.17) is 15.1 Å². The van der Waals surface area contributed by atoms with Crippen LogP contribution < -0.4 is 0 Å². The summed E-state index contributed by atoms with van der Waals surface area (Å²) in [5, 5.41) is 9.44. The molecule has 0 bridgehead atoms. The predicted octanol–water partition coefficient (Wildman–Crippen LogP) is 4.88. The molecule has 0 atom stereocenters. The molecule has 0 saturated heterocycles. The van der Waals surface area contributed by atoms with Gasteiger partial charge < -0.3 is 0 Å². The summed E-state index contributed by atoms with van der Waals surface area (Å²) in [7, 11) is 0. The zero-order valence-corrected chi connectivity index (χ0v) is 19.6. The Bertz CT molecular complexity index is 1260. The summed E-state index contributed by atoms with van der Waals surface area (Å²) in [5.74, 6) is 0. The van der Waals surface area contributed by atoms with Gasteiger partial charge in [-0.05, 0) is 43.5 Å². The van der Waals surface area contributed by atoms with Crippen molar-refractivity contribution in [1.82, 2.24) is 29.2 Å². The van der Waals surface area contributed by atoms with Gasteiger partial charge in [-0.2, -0.15) is 10.2 Å². The maximum Gasteiger partial charge on any atom is 0.157 e. The summed E-state index contributed by atoms with van der Waals surface area (Å²) >= 11 is 0. The van der Waals surface area contributed by atoms with E-state index >= 15 is 0 Å². The van der Waals surface area contributed by atoms with E-state index in [1.807, 2.05) is 28.3 Å². The maximum absolute atomic E-state index is 4.96. The van der Waals surface area contributed by atoms with Crippen LogP contribution in [0.3, 0.4) is 0 Å². The van der Waals surface area contributed by atoms with Crippen molar-refractivity contribution in [2.24, 2.45) is 0 Å². The Morgan fingerprint density at radius 1 is 0.800 bits per heavy atom. The van der Waals surface area contributed by atoms with Gasteiger partial charge in [-0.25, -0.2) is 19.0 Å². The molecule has 0 amide bonds. The zero-order valence-electron chi connectivity index (χ0n) is 19.6. The van der Waals surface area contributed by atoms with Crippen LogP contribution in [0.1, 0.15) is 81.0 Å². The molecule has 0 N–H and O–H groups in total. The van der Waals surface area contributed by atoms with Crippen molar-refractivity contribution in [2.45, 2.75) is 79.6 Å². The number of hydrogen-bond acceptors (Lipinski definition) is 4. The number of aromatic nitrogens is 6. The molecule has 158 valence electrons. The lowest BCUT2D eigenvalue weighted by Gasteiger charge is -2.20. The van der Waals surface area contributed by atoms with Gasteiger partial charge in [0.05, 0.1) is 35.2 Å². The van der Waals surface area contributed by atoms with Crippen molar-refractivity contribution >= 4 is 11.3 Å². The summed E-state index contributed by atoms with van der Waals surface area (Å²) in [6, 6.07) is 2.09. The first-order chi connectivity index (χ1) is 13.9. The van der Waals surface area contributed by atoms with E-state index in [-0.39, 0.29) is 10.8 Å². The highest BCUT2D eigenvalue weighted by Crippen LogP contribution is 2.31. The van der Waals surface area contributed by atoms with Crippen LogP contribution in [0.5, 0.6) is 0 Å². The van der Waals surface area contributed by atoms with E-state index in [0.717, 1.165) is 50.8 Å². The summed E-state index contributed by atoms with van der Waals surface area (Å²) in [6.45, 7) is 19.5. The zero-order chi connectivity index (χ0) is 22.0. The van der Waals surface area contributed by atoms with Gasteiger partial charge in [0, 0.05) is 17.3 Å². The molecule has 4 rings (SSSR count). The average molecular weight is 405 g/mol. The Balaban J connectivity index is 1.88. The normalized spacial score (nSPS) is 13.0. The van der Waals surface area contributed by atoms with Crippen LogP contribution in [0.25, 0.3) is 11.3 Å². The molecule has 0 spiro atoms. The van der Waals surface area contributed by atoms with Crippen molar-refractivity contribution in [1.29, 1.82) is 0 Å². The van der Waals surface area contributed by atoms with Gasteiger partial charge in [-0.3, -0.25) is 0 Å². The molecular weight excluding hydrogens is 372 g/mol. The second-order valence-corrected chi connectivity index (χ2v) is 10.5. The SMILES string of the molecule is Cc1cnn2c(C(C)(C)C)c(Cc3cnn4c(C(C)(C)C)c(C)nc4c3C)nc2c1. The summed E-state index contributed by atoms with van der Waals surface area (Å²) in [5.41, 5.74) is 9.55. The van der Waals surface area contributed by atoms with Crippen LogP contribution in [0, 0.1) is 20.8 Å². The molecule has 0 radical (unpaired) electrons. The van der Waals surface area contributed by atoms with Crippen molar-refractivity contribution < 1.29 is 0 Å². The fraction of sp³-hybridized carbons (Fsp3) is 0.500. The molecule has 0 saturated carbocycles. The highest BCUT2D eigenvalue weighted by molar-refractivity contribution is 5.54. The quantitative estimate of drug-likeness (QED) is 0.478. The molecule has 4 aromatic heterocycles. The number of imidazole rings is 2. The Morgan fingerprint density at radius 3 is 2.07 bits per heavy atom. The summed E-state index contributed by atoms with van der Waals surface area (Å²) in [6.07, 6.45) is 4.59. The number of nitrogens with zero attached hydrogens (tertiary/aromatic N) is 6. The van der Waals surface area contributed by atoms with Crippen LogP contribution >= 0.6 is 0 Å². The fourth-order valence-electron chi connectivity index (χ4n) is 4.41. The average Bonchev–Trinajstić information content (AvgIpc) is 3.13. The molecule has 0 unspecified atom stereocenters.